The fourth-order valence-corrected chi connectivity index (χ4v) is 4.12. The van der Waals surface area contributed by atoms with Gasteiger partial charge in [-0.25, -0.2) is 4.79 Å². The molecule has 2 heterocycles. The topological polar surface area (TPSA) is 96.4 Å². The van der Waals surface area contributed by atoms with Crippen LogP contribution in [0.3, 0.4) is 0 Å². The Morgan fingerprint density at radius 3 is 2.47 bits per heavy atom. The normalized spacial score (nSPS) is 21.0. The number of likely N-dealkylation sites (tertiary alicyclic amines) is 1. The Morgan fingerprint density at radius 1 is 1.23 bits per heavy atom. The number of hydrogen-bond acceptors (Lipinski definition) is 5. The minimum absolute atomic E-state index is 0.0656. The van der Waals surface area contributed by atoms with Crippen molar-refractivity contribution in [1.82, 2.24) is 9.80 Å². The van der Waals surface area contributed by atoms with Gasteiger partial charge >= 0.3 is 5.97 Å². The highest BCUT2D eigenvalue weighted by molar-refractivity contribution is 5.97. The summed E-state index contributed by atoms with van der Waals surface area (Å²) >= 11 is 0. The number of ether oxygens (including phenoxy) is 2. The van der Waals surface area contributed by atoms with E-state index in [4.69, 9.17) is 9.47 Å². The number of hydrogen-bond donors (Lipinski definition) is 1. The molecule has 2 aliphatic rings. The van der Waals surface area contributed by atoms with E-state index in [-0.39, 0.29) is 17.9 Å². The Hall–Kier alpha value is -2.61. The lowest BCUT2D eigenvalue weighted by Crippen LogP contribution is -2.58. The molecule has 2 aliphatic heterocycles. The Balaban J connectivity index is 1.82. The molecule has 1 N–H and O–H groups in total. The third-order valence-electron chi connectivity index (χ3n) is 5.66. The van der Waals surface area contributed by atoms with Gasteiger partial charge in [0.2, 0.25) is 5.91 Å². The number of rotatable bonds is 4. The first-order valence-electron chi connectivity index (χ1n) is 10.2. The van der Waals surface area contributed by atoms with Gasteiger partial charge in [-0.05, 0) is 23.6 Å². The highest BCUT2D eigenvalue weighted by Crippen LogP contribution is 2.39. The third-order valence-corrected chi connectivity index (χ3v) is 5.66. The summed E-state index contributed by atoms with van der Waals surface area (Å²) in [7, 11) is 1.51. The standard InChI is InChI=1S/C22H30N2O6/c1-21(2,3)13-18(25)23-10-8-22(9-11-23)24(17(14-30-22)20(27)28)19(26)15-6-5-7-16(12-15)29-4/h5-7,12,17H,8-11,13-14H2,1-4H3,(H,27,28)/t17-/m1/s1. The SMILES string of the molecule is COc1cccc(C(=O)N2[C@@H](C(=O)O)COC23CCN(C(=O)CC(C)(C)C)CC3)c1. The number of carboxylic acids is 1. The molecule has 1 aromatic rings. The Morgan fingerprint density at radius 2 is 1.90 bits per heavy atom. The van der Waals surface area contributed by atoms with Crippen molar-refractivity contribution in [3.63, 3.8) is 0 Å². The van der Waals surface area contributed by atoms with E-state index in [1.807, 2.05) is 20.8 Å². The number of amides is 2. The van der Waals surface area contributed by atoms with E-state index < -0.39 is 23.6 Å². The van der Waals surface area contributed by atoms with Crippen molar-refractivity contribution in [3.8, 4) is 5.75 Å². The van der Waals surface area contributed by atoms with Crippen LogP contribution < -0.4 is 4.74 Å². The van der Waals surface area contributed by atoms with Gasteiger partial charge in [-0.1, -0.05) is 26.8 Å². The predicted octanol–water partition coefficient (Wildman–Crippen LogP) is 2.38. The van der Waals surface area contributed by atoms with E-state index in [0.29, 0.717) is 43.7 Å². The fraction of sp³-hybridized carbons (Fsp3) is 0.591. The summed E-state index contributed by atoms with van der Waals surface area (Å²) in [5.74, 6) is -0.928. The van der Waals surface area contributed by atoms with E-state index in [1.165, 1.54) is 12.0 Å². The fourth-order valence-electron chi connectivity index (χ4n) is 4.12. The molecule has 2 fully saturated rings. The zero-order valence-electron chi connectivity index (χ0n) is 18.0. The van der Waals surface area contributed by atoms with Crippen LogP contribution in [0.1, 0.15) is 50.4 Å². The van der Waals surface area contributed by atoms with E-state index in [2.05, 4.69) is 0 Å². The van der Waals surface area contributed by atoms with Crippen molar-refractivity contribution < 1.29 is 29.0 Å². The van der Waals surface area contributed by atoms with Gasteiger partial charge in [0.1, 0.15) is 11.5 Å². The molecule has 0 saturated carbocycles. The Kier molecular flexibility index (Phi) is 6.08. The molecule has 1 spiro atoms. The maximum atomic E-state index is 13.4. The predicted molar refractivity (Wildman–Crippen MR) is 109 cm³/mol. The minimum Gasteiger partial charge on any atom is -0.497 e. The monoisotopic (exact) mass is 418 g/mol. The molecule has 1 aromatic carbocycles. The first-order chi connectivity index (χ1) is 14.1. The number of carboxylic acid groups (broad SMARTS) is 1. The van der Waals surface area contributed by atoms with Gasteiger partial charge in [0.15, 0.2) is 6.04 Å². The number of carbonyl (C=O) groups excluding carboxylic acids is 2. The second-order valence-corrected chi connectivity index (χ2v) is 9.14. The highest BCUT2D eigenvalue weighted by atomic mass is 16.5. The summed E-state index contributed by atoms with van der Waals surface area (Å²) < 4.78 is 11.1. The number of benzene rings is 1. The van der Waals surface area contributed by atoms with Gasteiger partial charge in [-0.2, -0.15) is 0 Å². The lowest BCUT2D eigenvalue weighted by molar-refractivity contribution is -0.148. The zero-order valence-corrected chi connectivity index (χ0v) is 18.0. The molecule has 0 aliphatic carbocycles. The van der Waals surface area contributed by atoms with E-state index in [9.17, 15) is 19.5 Å². The van der Waals surface area contributed by atoms with Gasteiger partial charge < -0.3 is 19.5 Å². The van der Waals surface area contributed by atoms with Crippen molar-refractivity contribution in [2.75, 3.05) is 26.8 Å². The summed E-state index contributed by atoms with van der Waals surface area (Å²) in [6.45, 7) is 6.82. The smallest absolute Gasteiger partial charge is 0.328 e. The molecule has 3 rings (SSSR count). The molecule has 8 nitrogen and oxygen atoms in total. The second kappa shape index (κ2) is 8.26. The highest BCUT2D eigenvalue weighted by Gasteiger charge is 2.54. The molecular formula is C22H30N2O6. The Bertz CT molecular complexity index is 823. The summed E-state index contributed by atoms with van der Waals surface area (Å²) in [4.78, 5) is 40.9. The molecular weight excluding hydrogens is 388 g/mol. The van der Waals surface area contributed by atoms with Crippen LogP contribution in [0.15, 0.2) is 24.3 Å². The minimum atomic E-state index is -1.10. The van der Waals surface area contributed by atoms with Crippen molar-refractivity contribution in [2.24, 2.45) is 5.41 Å². The van der Waals surface area contributed by atoms with Crippen LogP contribution in [0.4, 0.5) is 0 Å². The second-order valence-electron chi connectivity index (χ2n) is 9.14. The molecule has 8 heteroatoms. The van der Waals surface area contributed by atoms with E-state index >= 15 is 0 Å². The lowest BCUT2D eigenvalue weighted by Gasteiger charge is -2.44. The summed E-state index contributed by atoms with van der Waals surface area (Å²) in [5.41, 5.74) is -0.794. The quantitative estimate of drug-likeness (QED) is 0.807. The summed E-state index contributed by atoms with van der Waals surface area (Å²) in [5, 5.41) is 9.70. The van der Waals surface area contributed by atoms with Gasteiger partial charge in [0.25, 0.3) is 5.91 Å². The van der Waals surface area contributed by atoms with Gasteiger partial charge in [0.05, 0.1) is 13.7 Å². The van der Waals surface area contributed by atoms with Crippen LogP contribution in [0.5, 0.6) is 5.75 Å². The van der Waals surface area contributed by atoms with Crippen LogP contribution in [0, 0.1) is 5.41 Å². The van der Waals surface area contributed by atoms with Gasteiger partial charge in [0, 0.05) is 37.9 Å². The van der Waals surface area contributed by atoms with Crippen LogP contribution >= 0.6 is 0 Å². The average molecular weight is 418 g/mol. The average Bonchev–Trinajstić information content (AvgIpc) is 3.05. The van der Waals surface area contributed by atoms with Crippen molar-refractivity contribution in [1.29, 1.82) is 0 Å². The van der Waals surface area contributed by atoms with Crippen LogP contribution in [0.2, 0.25) is 0 Å². The number of carbonyl (C=O) groups is 3. The molecule has 2 amide bonds. The maximum Gasteiger partial charge on any atom is 0.328 e. The first-order valence-corrected chi connectivity index (χ1v) is 10.2. The molecule has 0 aromatic heterocycles. The van der Waals surface area contributed by atoms with E-state index in [0.717, 1.165) is 0 Å². The van der Waals surface area contributed by atoms with Gasteiger partial charge in [-0.3, -0.25) is 14.5 Å². The van der Waals surface area contributed by atoms with E-state index in [1.54, 1.807) is 29.2 Å². The van der Waals surface area contributed by atoms with Crippen LogP contribution in [-0.4, -0.2) is 71.3 Å². The molecule has 0 unspecified atom stereocenters. The van der Waals surface area contributed by atoms with Crippen LogP contribution in [-0.2, 0) is 14.3 Å². The van der Waals surface area contributed by atoms with Crippen molar-refractivity contribution in [2.45, 2.75) is 51.8 Å². The summed E-state index contributed by atoms with van der Waals surface area (Å²) in [6.07, 6.45) is 1.19. The molecule has 0 bridgehead atoms. The molecule has 0 radical (unpaired) electrons. The number of aliphatic carboxylic acids is 1. The number of piperidine rings is 1. The molecule has 164 valence electrons. The van der Waals surface area contributed by atoms with Crippen molar-refractivity contribution in [3.05, 3.63) is 29.8 Å². The zero-order chi connectivity index (χ0) is 22.1. The van der Waals surface area contributed by atoms with Crippen LogP contribution in [0.25, 0.3) is 0 Å². The molecule has 1 atom stereocenters. The molecule has 30 heavy (non-hydrogen) atoms. The van der Waals surface area contributed by atoms with Gasteiger partial charge in [-0.15, -0.1) is 0 Å². The van der Waals surface area contributed by atoms with Crippen molar-refractivity contribution >= 4 is 17.8 Å². The number of methoxy groups -OCH3 is 1. The lowest BCUT2D eigenvalue weighted by atomic mass is 9.90. The number of nitrogens with zero attached hydrogens (tertiary/aromatic N) is 2. The largest absolute Gasteiger partial charge is 0.497 e. The first kappa shape index (κ1) is 22.1. The third kappa shape index (κ3) is 4.43. The maximum absolute atomic E-state index is 13.4. The molecule has 2 saturated heterocycles. The Labute approximate surface area is 176 Å². The summed E-state index contributed by atoms with van der Waals surface area (Å²) in [6, 6.07) is 5.58.